The highest BCUT2D eigenvalue weighted by atomic mass is 32.1. The number of amides is 2. The number of carbonyl (C=O) groups is 2. The predicted molar refractivity (Wildman–Crippen MR) is 121 cm³/mol. The van der Waals surface area contributed by atoms with Crippen molar-refractivity contribution in [2.75, 3.05) is 17.7 Å². The van der Waals surface area contributed by atoms with E-state index in [1.165, 1.54) is 22.7 Å². The van der Waals surface area contributed by atoms with Crippen molar-refractivity contribution in [3.05, 3.63) is 83.2 Å². The smallest absolute Gasteiger partial charge is 0.257 e. The maximum Gasteiger partial charge on any atom is 0.257 e. The average Bonchev–Trinajstić information content (AvgIpc) is 3.44. The van der Waals surface area contributed by atoms with Gasteiger partial charge in [-0.15, -0.1) is 11.3 Å². The number of rotatable bonds is 6. The quantitative estimate of drug-likeness (QED) is 0.426. The molecule has 30 heavy (non-hydrogen) atoms. The van der Waals surface area contributed by atoms with E-state index < -0.39 is 0 Å². The van der Waals surface area contributed by atoms with Gasteiger partial charge in [-0.05, 0) is 47.8 Å². The molecule has 0 fully saturated rings. The molecule has 0 bridgehead atoms. The number of hydrogen-bond acceptors (Lipinski definition) is 6. The molecule has 0 saturated carbocycles. The lowest BCUT2D eigenvalue weighted by Crippen LogP contribution is -2.11. The molecule has 2 N–H and O–H groups in total. The molecule has 0 saturated heterocycles. The van der Waals surface area contributed by atoms with E-state index in [4.69, 9.17) is 4.74 Å². The van der Waals surface area contributed by atoms with Gasteiger partial charge in [0.1, 0.15) is 16.4 Å². The van der Waals surface area contributed by atoms with Gasteiger partial charge < -0.3 is 10.1 Å². The lowest BCUT2D eigenvalue weighted by Gasteiger charge is -2.04. The second-order valence-corrected chi connectivity index (χ2v) is 8.12. The Morgan fingerprint density at radius 3 is 2.23 bits per heavy atom. The van der Waals surface area contributed by atoms with Gasteiger partial charge in [-0.2, -0.15) is 0 Å². The van der Waals surface area contributed by atoms with Crippen LogP contribution in [0.4, 0.5) is 10.1 Å². The van der Waals surface area contributed by atoms with Crippen molar-refractivity contribution in [2.45, 2.75) is 0 Å². The van der Waals surface area contributed by atoms with Crippen molar-refractivity contribution >= 4 is 44.6 Å². The van der Waals surface area contributed by atoms with Crippen LogP contribution in [-0.2, 0) is 0 Å². The molecule has 0 unspecified atom stereocenters. The summed E-state index contributed by atoms with van der Waals surface area (Å²) in [5.74, 6) is 0.154. The molecule has 0 aliphatic heterocycles. The number of thiophene rings is 1. The zero-order valence-electron chi connectivity index (χ0n) is 15.9. The van der Waals surface area contributed by atoms with Crippen LogP contribution in [0, 0.1) is 0 Å². The van der Waals surface area contributed by atoms with Crippen molar-refractivity contribution in [3.8, 4) is 16.3 Å². The van der Waals surface area contributed by atoms with Gasteiger partial charge in [-0.25, -0.2) is 4.98 Å². The molecular formula is C22H17N3O3S2. The normalized spacial score (nSPS) is 10.4. The molecule has 2 aromatic carbocycles. The van der Waals surface area contributed by atoms with Crippen LogP contribution in [0.2, 0.25) is 0 Å². The number of nitrogens with zero attached hydrogens (tertiary/aromatic N) is 1. The summed E-state index contributed by atoms with van der Waals surface area (Å²) in [6, 6.07) is 19.6. The van der Waals surface area contributed by atoms with Crippen LogP contribution in [-0.4, -0.2) is 23.9 Å². The summed E-state index contributed by atoms with van der Waals surface area (Å²) in [6.45, 7) is 0. The summed E-state index contributed by atoms with van der Waals surface area (Å²) in [5, 5.41) is 8.65. The number of thiazole rings is 1. The van der Waals surface area contributed by atoms with Crippen molar-refractivity contribution in [3.63, 3.8) is 0 Å². The molecule has 0 radical (unpaired) electrons. The molecule has 0 atom stereocenters. The minimum Gasteiger partial charge on any atom is -0.497 e. The highest BCUT2D eigenvalue weighted by Crippen LogP contribution is 2.38. The van der Waals surface area contributed by atoms with Crippen molar-refractivity contribution in [2.24, 2.45) is 0 Å². The molecule has 2 heterocycles. The van der Waals surface area contributed by atoms with Crippen LogP contribution in [0.3, 0.4) is 0 Å². The third-order valence-electron chi connectivity index (χ3n) is 4.22. The van der Waals surface area contributed by atoms with E-state index in [1.54, 1.807) is 43.5 Å². The first kappa shape index (κ1) is 19.8. The zero-order chi connectivity index (χ0) is 20.9. The fraction of sp³-hybridized carbons (Fsp3) is 0.0455. The fourth-order valence-corrected chi connectivity index (χ4v) is 4.37. The predicted octanol–water partition coefficient (Wildman–Crippen LogP) is 5.38. The minimum atomic E-state index is -0.287. The molecule has 150 valence electrons. The first-order valence-electron chi connectivity index (χ1n) is 9.00. The molecule has 0 spiro atoms. The van der Waals surface area contributed by atoms with E-state index in [-0.39, 0.29) is 11.8 Å². The van der Waals surface area contributed by atoms with Gasteiger partial charge in [-0.3, -0.25) is 14.9 Å². The number of ether oxygens (including phenoxy) is 1. The summed E-state index contributed by atoms with van der Waals surface area (Å²) in [6.07, 6.45) is 0. The molecule has 6 nitrogen and oxygen atoms in total. The monoisotopic (exact) mass is 435 g/mol. The maximum absolute atomic E-state index is 12.6. The number of nitrogens with one attached hydrogen (secondary N) is 2. The van der Waals surface area contributed by atoms with E-state index in [9.17, 15) is 9.59 Å². The van der Waals surface area contributed by atoms with E-state index >= 15 is 0 Å². The minimum absolute atomic E-state index is 0.231. The van der Waals surface area contributed by atoms with Crippen molar-refractivity contribution in [1.29, 1.82) is 0 Å². The van der Waals surface area contributed by atoms with E-state index in [2.05, 4.69) is 15.6 Å². The highest BCUT2D eigenvalue weighted by molar-refractivity contribution is 7.21. The summed E-state index contributed by atoms with van der Waals surface area (Å²) >= 11 is 2.73. The Kier molecular flexibility index (Phi) is 5.87. The molecule has 8 heteroatoms. The van der Waals surface area contributed by atoms with Crippen LogP contribution in [0.1, 0.15) is 20.7 Å². The lowest BCUT2D eigenvalue weighted by atomic mass is 10.2. The topological polar surface area (TPSA) is 80.3 Å². The van der Waals surface area contributed by atoms with Crippen LogP contribution in [0.15, 0.2) is 72.1 Å². The van der Waals surface area contributed by atoms with Gasteiger partial charge in [0.05, 0.1) is 12.0 Å². The first-order valence-corrected chi connectivity index (χ1v) is 10.7. The largest absolute Gasteiger partial charge is 0.497 e. The van der Waals surface area contributed by atoms with Gasteiger partial charge >= 0.3 is 0 Å². The van der Waals surface area contributed by atoms with Gasteiger partial charge in [0, 0.05) is 11.1 Å². The average molecular weight is 436 g/mol. The molecule has 0 aliphatic rings. The second-order valence-electron chi connectivity index (χ2n) is 6.18. The van der Waals surface area contributed by atoms with E-state index in [0.717, 1.165) is 4.88 Å². The van der Waals surface area contributed by atoms with E-state index in [0.29, 0.717) is 32.7 Å². The van der Waals surface area contributed by atoms with Crippen LogP contribution < -0.4 is 15.4 Å². The second kappa shape index (κ2) is 8.89. The van der Waals surface area contributed by atoms with E-state index in [1.807, 2.05) is 35.7 Å². The highest BCUT2D eigenvalue weighted by Gasteiger charge is 2.19. The maximum atomic E-state index is 12.6. The first-order chi connectivity index (χ1) is 14.6. The number of carbonyl (C=O) groups excluding carboxylic acids is 2. The Bertz CT molecular complexity index is 1150. The van der Waals surface area contributed by atoms with Crippen LogP contribution in [0.25, 0.3) is 10.6 Å². The zero-order valence-corrected chi connectivity index (χ0v) is 17.5. The van der Waals surface area contributed by atoms with Gasteiger partial charge in [0.25, 0.3) is 11.8 Å². The Hall–Kier alpha value is -3.49. The SMILES string of the molecule is COc1ccc(C(=O)Nc2nc(-c3cccs3)c(NC(=O)c3ccccc3)s2)cc1. The fourth-order valence-electron chi connectivity index (χ4n) is 2.72. The molecule has 4 rings (SSSR count). The number of hydrogen-bond donors (Lipinski definition) is 2. The number of methoxy groups -OCH3 is 1. The Balaban J connectivity index is 1.59. The van der Waals surface area contributed by atoms with Crippen LogP contribution >= 0.6 is 22.7 Å². The van der Waals surface area contributed by atoms with Crippen molar-refractivity contribution in [1.82, 2.24) is 4.98 Å². The standard InChI is InChI=1S/C22H17N3O3S2/c1-28-16-11-9-15(10-12-16)20(27)25-22-23-18(17-8-5-13-29-17)21(30-22)24-19(26)14-6-3-2-4-7-14/h2-13H,1H3,(H,24,26)(H,23,25,27). The molecule has 4 aromatic rings. The summed E-state index contributed by atoms with van der Waals surface area (Å²) in [7, 11) is 1.57. The molecular weight excluding hydrogens is 418 g/mol. The molecule has 2 amide bonds. The number of benzene rings is 2. The number of anilines is 2. The van der Waals surface area contributed by atoms with Crippen molar-refractivity contribution < 1.29 is 14.3 Å². The summed E-state index contributed by atoms with van der Waals surface area (Å²) in [5.41, 5.74) is 1.66. The van der Waals surface area contributed by atoms with Crippen LogP contribution in [0.5, 0.6) is 5.75 Å². The molecule has 2 aromatic heterocycles. The Labute approximate surface area is 181 Å². The van der Waals surface area contributed by atoms with Gasteiger partial charge in [0.15, 0.2) is 5.13 Å². The Morgan fingerprint density at radius 1 is 0.867 bits per heavy atom. The third-order valence-corrected chi connectivity index (χ3v) is 5.98. The van der Waals surface area contributed by atoms with Gasteiger partial charge in [0.2, 0.25) is 0 Å². The lowest BCUT2D eigenvalue weighted by molar-refractivity contribution is 0.101. The molecule has 0 aliphatic carbocycles. The third kappa shape index (κ3) is 4.40. The summed E-state index contributed by atoms with van der Waals surface area (Å²) in [4.78, 5) is 30.7. The summed E-state index contributed by atoms with van der Waals surface area (Å²) < 4.78 is 5.12. The Morgan fingerprint density at radius 2 is 1.57 bits per heavy atom. The van der Waals surface area contributed by atoms with Gasteiger partial charge in [-0.1, -0.05) is 35.6 Å². The number of aromatic nitrogens is 1.